The minimum absolute atomic E-state index is 0.394. The number of aryl methyl sites for hydroxylation is 1. The molecule has 0 radical (unpaired) electrons. The van der Waals surface area contributed by atoms with Crippen molar-refractivity contribution in [1.82, 2.24) is 5.32 Å². The third kappa shape index (κ3) is 3.13. The van der Waals surface area contributed by atoms with Crippen LogP contribution in [0.25, 0.3) is 0 Å². The Morgan fingerprint density at radius 1 is 1.43 bits per heavy atom. The van der Waals surface area contributed by atoms with Gasteiger partial charge in [-0.3, -0.25) is 0 Å². The molecule has 0 bridgehead atoms. The van der Waals surface area contributed by atoms with Crippen LogP contribution < -0.4 is 11.1 Å². The van der Waals surface area contributed by atoms with Crippen molar-refractivity contribution in [3.63, 3.8) is 0 Å². The number of nitrogens with two attached hydrogens (primary N) is 1. The summed E-state index contributed by atoms with van der Waals surface area (Å²) in [6, 6.07) is 9.10. The highest BCUT2D eigenvalue weighted by Gasteiger charge is 2.03. The van der Waals surface area contributed by atoms with Crippen molar-refractivity contribution in [3.8, 4) is 0 Å². The van der Waals surface area contributed by atoms with Crippen LogP contribution in [0.15, 0.2) is 24.3 Å². The van der Waals surface area contributed by atoms with Gasteiger partial charge in [0.05, 0.1) is 0 Å². The predicted molar refractivity (Wildman–Crippen MR) is 61.3 cm³/mol. The van der Waals surface area contributed by atoms with Gasteiger partial charge in [-0.25, -0.2) is 0 Å². The largest absolute Gasteiger partial charge is 0.329 e. The molecule has 1 aromatic carbocycles. The molecule has 0 fully saturated rings. The van der Waals surface area contributed by atoms with E-state index in [0.717, 1.165) is 13.0 Å². The van der Waals surface area contributed by atoms with E-state index in [0.29, 0.717) is 12.6 Å². The van der Waals surface area contributed by atoms with Crippen LogP contribution in [-0.4, -0.2) is 13.1 Å². The van der Waals surface area contributed by atoms with E-state index in [-0.39, 0.29) is 0 Å². The smallest absolute Gasteiger partial charge is 0.0292 e. The molecule has 1 unspecified atom stereocenters. The predicted octanol–water partition coefficient (Wildman–Crippen LogP) is 1.86. The molecule has 1 rings (SSSR count). The van der Waals surface area contributed by atoms with Gasteiger partial charge in [0.15, 0.2) is 0 Å². The number of nitrogens with one attached hydrogen (secondary N) is 1. The molecule has 1 atom stereocenters. The summed E-state index contributed by atoms with van der Waals surface area (Å²) in [5.74, 6) is 0. The lowest BCUT2D eigenvalue weighted by Crippen LogP contribution is -2.25. The van der Waals surface area contributed by atoms with Crippen molar-refractivity contribution < 1.29 is 0 Å². The van der Waals surface area contributed by atoms with E-state index in [1.807, 2.05) is 0 Å². The Labute approximate surface area is 86.5 Å². The van der Waals surface area contributed by atoms with E-state index in [2.05, 4.69) is 43.4 Å². The lowest BCUT2D eigenvalue weighted by molar-refractivity contribution is 0.582. The van der Waals surface area contributed by atoms with Gasteiger partial charge in [-0.1, -0.05) is 31.2 Å². The first-order chi connectivity index (χ1) is 6.77. The van der Waals surface area contributed by atoms with Crippen LogP contribution in [0.2, 0.25) is 0 Å². The zero-order valence-electron chi connectivity index (χ0n) is 9.09. The molecule has 78 valence electrons. The van der Waals surface area contributed by atoms with E-state index >= 15 is 0 Å². The van der Waals surface area contributed by atoms with Crippen molar-refractivity contribution in [2.45, 2.75) is 26.3 Å². The van der Waals surface area contributed by atoms with Crippen molar-refractivity contribution in [2.75, 3.05) is 13.1 Å². The highest BCUT2D eigenvalue weighted by Crippen LogP contribution is 2.13. The quantitative estimate of drug-likeness (QED) is 0.747. The highest BCUT2D eigenvalue weighted by molar-refractivity contribution is 5.25. The molecule has 0 amide bonds. The molecule has 2 nitrogen and oxygen atoms in total. The molecule has 3 N–H and O–H groups in total. The van der Waals surface area contributed by atoms with Gasteiger partial charge in [0, 0.05) is 19.1 Å². The molecule has 2 heteroatoms. The van der Waals surface area contributed by atoms with E-state index in [9.17, 15) is 0 Å². The third-order valence-corrected chi connectivity index (χ3v) is 2.45. The first kappa shape index (κ1) is 11.2. The zero-order chi connectivity index (χ0) is 10.4. The molecule has 0 aliphatic rings. The second kappa shape index (κ2) is 5.78. The lowest BCUT2D eigenvalue weighted by atomic mass is 10.0. The maximum Gasteiger partial charge on any atom is 0.0292 e. The molecule has 0 aliphatic heterocycles. The molecule has 0 saturated heterocycles. The zero-order valence-corrected chi connectivity index (χ0v) is 9.09. The fourth-order valence-corrected chi connectivity index (χ4v) is 1.50. The van der Waals surface area contributed by atoms with E-state index < -0.39 is 0 Å². The molecule has 0 saturated carbocycles. The van der Waals surface area contributed by atoms with Crippen LogP contribution in [0.4, 0.5) is 0 Å². The van der Waals surface area contributed by atoms with Crippen molar-refractivity contribution >= 4 is 0 Å². The number of rotatable bonds is 5. The Hall–Kier alpha value is -0.860. The Morgan fingerprint density at radius 2 is 2.21 bits per heavy atom. The Kier molecular flexibility index (Phi) is 4.63. The monoisotopic (exact) mass is 192 g/mol. The maximum atomic E-state index is 5.45. The van der Waals surface area contributed by atoms with Crippen LogP contribution in [0, 0.1) is 0 Å². The van der Waals surface area contributed by atoms with Crippen LogP contribution in [0.1, 0.15) is 31.0 Å². The summed E-state index contributed by atoms with van der Waals surface area (Å²) in [7, 11) is 0. The molecule has 0 aliphatic carbocycles. The minimum Gasteiger partial charge on any atom is -0.329 e. The Balaban J connectivity index is 2.64. The Bertz CT molecular complexity index is 271. The summed E-state index contributed by atoms with van der Waals surface area (Å²) >= 11 is 0. The summed E-state index contributed by atoms with van der Waals surface area (Å²) in [4.78, 5) is 0. The van der Waals surface area contributed by atoms with Crippen LogP contribution in [0.5, 0.6) is 0 Å². The van der Waals surface area contributed by atoms with E-state index in [1.165, 1.54) is 11.1 Å². The molecule has 14 heavy (non-hydrogen) atoms. The second-order valence-corrected chi connectivity index (χ2v) is 3.56. The molecular weight excluding hydrogens is 172 g/mol. The van der Waals surface area contributed by atoms with Gasteiger partial charge < -0.3 is 11.1 Å². The van der Waals surface area contributed by atoms with E-state index in [1.54, 1.807) is 0 Å². The summed E-state index contributed by atoms with van der Waals surface area (Å²) < 4.78 is 0. The van der Waals surface area contributed by atoms with Crippen molar-refractivity contribution in [3.05, 3.63) is 35.4 Å². The topological polar surface area (TPSA) is 38.0 Å². The molecule has 0 heterocycles. The minimum atomic E-state index is 0.394. The van der Waals surface area contributed by atoms with Gasteiger partial charge in [0.1, 0.15) is 0 Å². The fraction of sp³-hybridized carbons (Fsp3) is 0.500. The highest BCUT2D eigenvalue weighted by atomic mass is 14.9. The molecule has 0 spiro atoms. The van der Waals surface area contributed by atoms with Gasteiger partial charge in [0.2, 0.25) is 0 Å². The second-order valence-electron chi connectivity index (χ2n) is 3.56. The van der Waals surface area contributed by atoms with E-state index in [4.69, 9.17) is 5.73 Å². The van der Waals surface area contributed by atoms with Crippen LogP contribution in [0.3, 0.4) is 0 Å². The number of benzene rings is 1. The standard InChI is InChI=1S/C12H20N2/c1-3-11-5-4-6-12(9-11)10(2)14-8-7-13/h4-6,9-10,14H,3,7-8,13H2,1-2H3. The van der Waals surface area contributed by atoms with Gasteiger partial charge >= 0.3 is 0 Å². The van der Waals surface area contributed by atoms with Crippen molar-refractivity contribution in [2.24, 2.45) is 5.73 Å². The summed E-state index contributed by atoms with van der Waals surface area (Å²) in [6.07, 6.45) is 1.09. The van der Waals surface area contributed by atoms with Crippen molar-refractivity contribution in [1.29, 1.82) is 0 Å². The van der Waals surface area contributed by atoms with Crippen LogP contribution >= 0.6 is 0 Å². The number of hydrogen-bond acceptors (Lipinski definition) is 2. The van der Waals surface area contributed by atoms with Crippen LogP contribution in [-0.2, 0) is 6.42 Å². The molecule has 0 aromatic heterocycles. The normalized spacial score (nSPS) is 12.8. The molecule has 1 aromatic rings. The first-order valence-electron chi connectivity index (χ1n) is 5.30. The molecular formula is C12H20N2. The van der Waals surface area contributed by atoms with Gasteiger partial charge in [-0.2, -0.15) is 0 Å². The average molecular weight is 192 g/mol. The SMILES string of the molecule is CCc1cccc(C(C)NCCN)c1. The fourth-order valence-electron chi connectivity index (χ4n) is 1.50. The summed E-state index contributed by atoms with van der Waals surface area (Å²) in [5.41, 5.74) is 8.19. The van der Waals surface area contributed by atoms with Gasteiger partial charge in [0.25, 0.3) is 0 Å². The van der Waals surface area contributed by atoms with Gasteiger partial charge in [-0.15, -0.1) is 0 Å². The lowest BCUT2D eigenvalue weighted by Gasteiger charge is -2.14. The number of hydrogen-bond donors (Lipinski definition) is 2. The van der Waals surface area contributed by atoms with Gasteiger partial charge in [-0.05, 0) is 24.5 Å². The maximum absolute atomic E-state index is 5.45. The summed E-state index contributed by atoms with van der Waals surface area (Å²) in [5, 5.41) is 3.37. The Morgan fingerprint density at radius 3 is 2.86 bits per heavy atom. The third-order valence-electron chi connectivity index (χ3n) is 2.45. The average Bonchev–Trinajstić information content (AvgIpc) is 2.26. The first-order valence-corrected chi connectivity index (χ1v) is 5.30. The summed E-state index contributed by atoms with van der Waals surface area (Å²) in [6.45, 7) is 5.91.